The predicted molar refractivity (Wildman–Crippen MR) is 97.4 cm³/mol. The molecular weight excluding hydrogens is 320 g/mol. The average molecular weight is 354 g/mol. The zero-order chi connectivity index (χ0) is 17.9. The lowest BCUT2D eigenvalue weighted by atomic mass is 9.99. The third-order valence-corrected chi connectivity index (χ3v) is 5.05. The Bertz CT molecular complexity index is 403. The maximum absolute atomic E-state index is 12.4. The van der Waals surface area contributed by atoms with Crippen LogP contribution in [0.25, 0.3) is 0 Å². The molecule has 0 bridgehead atoms. The Morgan fingerprint density at radius 2 is 1.52 bits per heavy atom. The van der Waals surface area contributed by atoms with Crippen molar-refractivity contribution in [3.63, 3.8) is 0 Å². The first-order valence-corrected chi connectivity index (χ1v) is 9.89. The molecule has 0 spiro atoms. The normalized spacial score (nSPS) is 19.9. The summed E-state index contributed by atoms with van der Waals surface area (Å²) < 4.78 is 5.71. The van der Waals surface area contributed by atoms with E-state index in [1.54, 1.807) is 9.80 Å². The van der Waals surface area contributed by atoms with Crippen LogP contribution in [0.5, 0.6) is 0 Å². The van der Waals surface area contributed by atoms with Gasteiger partial charge in [0.1, 0.15) is 6.10 Å². The first-order chi connectivity index (χ1) is 12.2. The van der Waals surface area contributed by atoms with E-state index in [9.17, 15) is 9.59 Å². The maximum atomic E-state index is 12.4. The second kappa shape index (κ2) is 11.2. The molecule has 2 fully saturated rings. The second-order valence-electron chi connectivity index (χ2n) is 7.05. The van der Waals surface area contributed by atoms with Crippen molar-refractivity contribution in [2.75, 3.05) is 39.3 Å². The van der Waals surface area contributed by atoms with Crippen molar-refractivity contribution in [2.45, 2.75) is 63.9 Å². The number of ether oxygens (including phenoxy) is 1. The van der Waals surface area contributed by atoms with Gasteiger partial charge in [-0.2, -0.15) is 0 Å². The molecule has 1 saturated carbocycles. The molecule has 1 aliphatic carbocycles. The zero-order valence-electron chi connectivity index (χ0n) is 15.4. The first-order valence-electron chi connectivity index (χ1n) is 9.89. The predicted octanol–water partition coefficient (Wildman–Crippen LogP) is 2.30. The number of piperazine rings is 1. The molecule has 7 heteroatoms. The van der Waals surface area contributed by atoms with Gasteiger partial charge in [-0.25, -0.2) is 9.59 Å². The van der Waals surface area contributed by atoms with Crippen molar-refractivity contribution in [2.24, 2.45) is 5.73 Å². The summed E-state index contributed by atoms with van der Waals surface area (Å²) in [4.78, 5) is 27.9. The van der Waals surface area contributed by atoms with Crippen LogP contribution in [0.1, 0.15) is 57.8 Å². The highest BCUT2D eigenvalue weighted by molar-refractivity contribution is 5.75. The molecule has 7 nitrogen and oxygen atoms in total. The van der Waals surface area contributed by atoms with Gasteiger partial charge in [-0.3, -0.25) is 0 Å². The maximum Gasteiger partial charge on any atom is 0.410 e. The molecule has 0 atom stereocenters. The van der Waals surface area contributed by atoms with Crippen molar-refractivity contribution in [1.82, 2.24) is 15.1 Å². The number of rotatable bonds is 5. The fourth-order valence-corrected chi connectivity index (χ4v) is 3.42. The number of carbonyl (C=O) groups is 2. The Labute approximate surface area is 151 Å². The number of unbranched alkanes of at least 4 members (excludes halogenated alkanes) is 1. The van der Waals surface area contributed by atoms with Crippen molar-refractivity contribution in [1.29, 1.82) is 0 Å². The molecule has 25 heavy (non-hydrogen) atoms. The van der Waals surface area contributed by atoms with Crippen molar-refractivity contribution in [3.8, 4) is 0 Å². The number of hydrogen-bond acceptors (Lipinski definition) is 4. The third-order valence-electron chi connectivity index (χ3n) is 5.05. The van der Waals surface area contributed by atoms with E-state index in [0.717, 1.165) is 38.5 Å². The van der Waals surface area contributed by atoms with Crippen LogP contribution in [0, 0.1) is 0 Å². The Balaban J connectivity index is 1.66. The Morgan fingerprint density at radius 1 is 0.920 bits per heavy atom. The summed E-state index contributed by atoms with van der Waals surface area (Å²) >= 11 is 0. The fraction of sp³-hybridized carbons (Fsp3) is 0.889. The molecule has 0 radical (unpaired) electrons. The van der Waals surface area contributed by atoms with Crippen LogP contribution in [0.15, 0.2) is 0 Å². The Hall–Kier alpha value is -1.50. The van der Waals surface area contributed by atoms with E-state index in [1.807, 2.05) is 0 Å². The van der Waals surface area contributed by atoms with E-state index in [0.29, 0.717) is 39.3 Å². The van der Waals surface area contributed by atoms with Crippen LogP contribution >= 0.6 is 0 Å². The molecule has 3 amide bonds. The van der Waals surface area contributed by atoms with Crippen LogP contribution in [-0.4, -0.2) is 67.3 Å². The number of amides is 3. The molecule has 2 rings (SSSR count). The van der Waals surface area contributed by atoms with E-state index >= 15 is 0 Å². The van der Waals surface area contributed by atoms with Gasteiger partial charge < -0.3 is 25.6 Å². The first kappa shape index (κ1) is 19.8. The highest BCUT2D eigenvalue weighted by Gasteiger charge is 2.26. The summed E-state index contributed by atoms with van der Waals surface area (Å²) in [6.45, 7) is 3.51. The van der Waals surface area contributed by atoms with Gasteiger partial charge in [0, 0.05) is 32.7 Å². The van der Waals surface area contributed by atoms with Crippen LogP contribution in [-0.2, 0) is 4.74 Å². The quantitative estimate of drug-likeness (QED) is 0.742. The van der Waals surface area contributed by atoms with Gasteiger partial charge in [0.2, 0.25) is 0 Å². The van der Waals surface area contributed by atoms with E-state index < -0.39 is 0 Å². The van der Waals surface area contributed by atoms with Crippen LogP contribution in [0.4, 0.5) is 9.59 Å². The zero-order valence-corrected chi connectivity index (χ0v) is 15.4. The lowest BCUT2D eigenvalue weighted by Gasteiger charge is -2.35. The van der Waals surface area contributed by atoms with Gasteiger partial charge in [0.25, 0.3) is 0 Å². The Morgan fingerprint density at radius 3 is 2.16 bits per heavy atom. The van der Waals surface area contributed by atoms with Gasteiger partial charge in [0.15, 0.2) is 0 Å². The van der Waals surface area contributed by atoms with E-state index in [4.69, 9.17) is 10.5 Å². The minimum Gasteiger partial charge on any atom is -0.446 e. The monoisotopic (exact) mass is 354 g/mol. The highest BCUT2D eigenvalue weighted by atomic mass is 16.6. The van der Waals surface area contributed by atoms with Gasteiger partial charge in [-0.15, -0.1) is 0 Å². The van der Waals surface area contributed by atoms with Gasteiger partial charge in [0.05, 0.1) is 0 Å². The van der Waals surface area contributed by atoms with Gasteiger partial charge in [-0.05, 0) is 45.1 Å². The average Bonchev–Trinajstić information content (AvgIpc) is 2.61. The largest absolute Gasteiger partial charge is 0.446 e. The van der Waals surface area contributed by atoms with Crippen LogP contribution in [0.2, 0.25) is 0 Å². The second-order valence-corrected chi connectivity index (χ2v) is 7.05. The summed E-state index contributed by atoms with van der Waals surface area (Å²) in [5.74, 6) is 0. The minimum atomic E-state index is -0.214. The summed E-state index contributed by atoms with van der Waals surface area (Å²) in [5.41, 5.74) is 5.44. The number of nitrogens with one attached hydrogen (secondary N) is 1. The highest BCUT2D eigenvalue weighted by Crippen LogP contribution is 2.20. The molecule has 0 aromatic rings. The SMILES string of the molecule is NCCCCNC(=O)N1CCN(C(=O)OC2CCCCCCC2)CC1. The molecule has 144 valence electrons. The number of urea groups is 1. The third kappa shape index (κ3) is 7.10. The molecular formula is C18H34N4O3. The van der Waals surface area contributed by atoms with Crippen molar-refractivity contribution >= 4 is 12.1 Å². The summed E-state index contributed by atoms with van der Waals surface area (Å²) in [5, 5.41) is 2.91. The number of nitrogens with two attached hydrogens (primary N) is 1. The molecule has 0 unspecified atom stereocenters. The van der Waals surface area contributed by atoms with Crippen molar-refractivity contribution in [3.05, 3.63) is 0 Å². The Kier molecular flexibility index (Phi) is 8.86. The van der Waals surface area contributed by atoms with Crippen LogP contribution in [0.3, 0.4) is 0 Å². The summed E-state index contributed by atoms with van der Waals surface area (Å²) in [6, 6.07) is -0.0509. The lowest BCUT2D eigenvalue weighted by molar-refractivity contribution is 0.0401. The molecule has 1 saturated heterocycles. The van der Waals surface area contributed by atoms with E-state index in [1.165, 1.54) is 19.3 Å². The molecule has 0 aromatic carbocycles. The van der Waals surface area contributed by atoms with E-state index in [-0.39, 0.29) is 18.2 Å². The van der Waals surface area contributed by atoms with Gasteiger partial charge in [-0.1, -0.05) is 19.3 Å². The molecule has 1 heterocycles. The number of nitrogens with zero attached hydrogens (tertiary/aromatic N) is 2. The summed E-state index contributed by atoms with van der Waals surface area (Å²) in [6.07, 6.45) is 9.72. The van der Waals surface area contributed by atoms with Crippen LogP contribution < -0.4 is 11.1 Å². The molecule has 1 aliphatic heterocycles. The van der Waals surface area contributed by atoms with E-state index in [2.05, 4.69) is 5.32 Å². The molecule has 2 aliphatic rings. The lowest BCUT2D eigenvalue weighted by Crippen LogP contribution is -2.53. The standard InChI is InChI=1S/C18H34N4O3/c19-10-6-7-11-20-17(23)21-12-14-22(15-13-21)18(24)25-16-8-4-2-1-3-5-9-16/h16H,1-15,19H2,(H,20,23). The fourth-order valence-electron chi connectivity index (χ4n) is 3.42. The smallest absolute Gasteiger partial charge is 0.410 e. The van der Waals surface area contributed by atoms with Gasteiger partial charge >= 0.3 is 12.1 Å². The topological polar surface area (TPSA) is 87.9 Å². The number of carbonyl (C=O) groups excluding carboxylic acids is 2. The van der Waals surface area contributed by atoms with Crippen molar-refractivity contribution < 1.29 is 14.3 Å². The number of hydrogen-bond donors (Lipinski definition) is 2. The minimum absolute atomic E-state index is 0.0509. The molecule has 3 N–H and O–H groups in total. The molecule has 0 aromatic heterocycles. The summed E-state index contributed by atoms with van der Waals surface area (Å²) in [7, 11) is 0.